The SMILES string of the molecule is O=C(Cn1cccn1)Nc1ccc(Br)nc1. The molecule has 82 valence electrons. The fraction of sp³-hybridized carbons (Fsp3) is 0.100. The fourth-order valence-electron chi connectivity index (χ4n) is 1.19. The van der Waals surface area contributed by atoms with Crippen molar-refractivity contribution in [2.45, 2.75) is 6.54 Å². The molecule has 0 unspecified atom stereocenters. The molecule has 0 aliphatic heterocycles. The smallest absolute Gasteiger partial charge is 0.246 e. The molecule has 0 bridgehead atoms. The Balaban J connectivity index is 1.95. The Bertz CT molecular complexity index is 466. The topological polar surface area (TPSA) is 59.8 Å². The predicted molar refractivity (Wildman–Crippen MR) is 62.8 cm³/mol. The summed E-state index contributed by atoms with van der Waals surface area (Å²) in [6, 6.07) is 5.32. The van der Waals surface area contributed by atoms with Crippen LogP contribution in [0.4, 0.5) is 5.69 Å². The molecule has 6 heteroatoms. The highest BCUT2D eigenvalue weighted by Crippen LogP contribution is 2.10. The molecule has 2 rings (SSSR count). The van der Waals surface area contributed by atoms with Gasteiger partial charge in [0.2, 0.25) is 5.91 Å². The van der Waals surface area contributed by atoms with Gasteiger partial charge in [0, 0.05) is 12.4 Å². The quantitative estimate of drug-likeness (QED) is 0.871. The van der Waals surface area contributed by atoms with E-state index in [-0.39, 0.29) is 12.5 Å². The maximum Gasteiger partial charge on any atom is 0.246 e. The van der Waals surface area contributed by atoms with Crippen LogP contribution in [0.5, 0.6) is 0 Å². The molecule has 16 heavy (non-hydrogen) atoms. The van der Waals surface area contributed by atoms with E-state index in [1.165, 1.54) is 0 Å². The Morgan fingerprint density at radius 1 is 1.50 bits per heavy atom. The van der Waals surface area contributed by atoms with E-state index in [0.29, 0.717) is 5.69 Å². The molecule has 2 aromatic heterocycles. The van der Waals surface area contributed by atoms with Gasteiger partial charge in [0.25, 0.3) is 0 Å². The summed E-state index contributed by atoms with van der Waals surface area (Å²) in [5.74, 6) is -0.132. The summed E-state index contributed by atoms with van der Waals surface area (Å²) in [6.45, 7) is 0.197. The van der Waals surface area contributed by atoms with Crippen molar-refractivity contribution in [3.05, 3.63) is 41.4 Å². The fourth-order valence-corrected chi connectivity index (χ4v) is 1.43. The second-order valence-electron chi connectivity index (χ2n) is 3.12. The van der Waals surface area contributed by atoms with Crippen LogP contribution in [0.1, 0.15) is 0 Å². The van der Waals surface area contributed by atoms with Crippen molar-refractivity contribution in [1.82, 2.24) is 14.8 Å². The minimum absolute atomic E-state index is 0.132. The molecule has 0 saturated heterocycles. The summed E-state index contributed by atoms with van der Waals surface area (Å²) in [7, 11) is 0. The maximum atomic E-state index is 11.6. The molecular formula is C10H9BrN4O. The number of aromatic nitrogens is 3. The first kappa shape index (κ1) is 10.8. The lowest BCUT2D eigenvalue weighted by atomic mass is 10.4. The summed E-state index contributed by atoms with van der Waals surface area (Å²) >= 11 is 3.22. The van der Waals surface area contributed by atoms with Gasteiger partial charge in [-0.3, -0.25) is 9.48 Å². The second kappa shape index (κ2) is 4.89. The van der Waals surface area contributed by atoms with Crippen molar-refractivity contribution < 1.29 is 4.79 Å². The Morgan fingerprint density at radius 3 is 3.00 bits per heavy atom. The summed E-state index contributed by atoms with van der Waals surface area (Å²) in [5.41, 5.74) is 0.667. The number of pyridine rings is 1. The normalized spacial score (nSPS) is 10.1. The molecule has 0 aliphatic carbocycles. The van der Waals surface area contributed by atoms with E-state index < -0.39 is 0 Å². The van der Waals surface area contributed by atoms with Gasteiger partial charge in [-0.15, -0.1) is 0 Å². The number of rotatable bonds is 3. The van der Waals surface area contributed by atoms with Gasteiger partial charge < -0.3 is 5.32 Å². The van der Waals surface area contributed by atoms with Gasteiger partial charge in [0.1, 0.15) is 11.1 Å². The van der Waals surface area contributed by atoms with Crippen LogP contribution in [0.25, 0.3) is 0 Å². The van der Waals surface area contributed by atoms with Crippen LogP contribution in [0.2, 0.25) is 0 Å². The zero-order valence-electron chi connectivity index (χ0n) is 8.30. The highest BCUT2D eigenvalue weighted by atomic mass is 79.9. The minimum Gasteiger partial charge on any atom is -0.323 e. The number of carbonyl (C=O) groups excluding carboxylic acids is 1. The monoisotopic (exact) mass is 280 g/mol. The highest BCUT2D eigenvalue weighted by molar-refractivity contribution is 9.10. The molecule has 0 fully saturated rings. The number of amides is 1. The summed E-state index contributed by atoms with van der Waals surface area (Å²) in [5, 5.41) is 6.67. The average molecular weight is 281 g/mol. The lowest BCUT2D eigenvalue weighted by molar-refractivity contribution is -0.116. The number of nitrogens with one attached hydrogen (secondary N) is 1. The standard InChI is InChI=1S/C10H9BrN4O/c11-9-3-2-8(6-12-9)14-10(16)7-15-5-1-4-13-15/h1-6H,7H2,(H,14,16). The zero-order valence-corrected chi connectivity index (χ0v) is 9.89. The van der Waals surface area contributed by atoms with E-state index in [1.54, 1.807) is 41.5 Å². The van der Waals surface area contributed by atoms with E-state index >= 15 is 0 Å². The van der Waals surface area contributed by atoms with Crippen molar-refractivity contribution in [1.29, 1.82) is 0 Å². The molecule has 2 aromatic rings. The predicted octanol–water partition coefficient (Wildman–Crippen LogP) is 1.68. The molecular weight excluding hydrogens is 272 g/mol. The zero-order chi connectivity index (χ0) is 11.4. The van der Waals surface area contributed by atoms with Crippen LogP contribution in [0.3, 0.4) is 0 Å². The molecule has 0 saturated carbocycles. The number of hydrogen-bond donors (Lipinski definition) is 1. The van der Waals surface area contributed by atoms with Crippen molar-refractivity contribution in [3.63, 3.8) is 0 Å². The highest BCUT2D eigenvalue weighted by Gasteiger charge is 2.03. The number of hydrogen-bond acceptors (Lipinski definition) is 3. The second-order valence-corrected chi connectivity index (χ2v) is 3.93. The van der Waals surface area contributed by atoms with E-state index in [1.807, 2.05) is 0 Å². The molecule has 1 N–H and O–H groups in total. The molecule has 1 amide bonds. The number of nitrogens with zero attached hydrogens (tertiary/aromatic N) is 3. The maximum absolute atomic E-state index is 11.6. The van der Waals surface area contributed by atoms with Crippen LogP contribution in [-0.4, -0.2) is 20.7 Å². The third-order valence-electron chi connectivity index (χ3n) is 1.88. The van der Waals surface area contributed by atoms with Crippen molar-refractivity contribution in [2.24, 2.45) is 0 Å². The summed E-state index contributed by atoms with van der Waals surface area (Å²) in [6.07, 6.45) is 4.96. The molecule has 0 spiro atoms. The average Bonchev–Trinajstić information content (AvgIpc) is 2.74. The van der Waals surface area contributed by atoms with Crippen LogP contribution in [-0.2, 0) is 11.3 Å². The molecule has 0 atom stereocenters. The van der Waals surface area contributed by atoms with Gasteiger partial charge in [-0.25, -0.2) is 4.98 Å². The summed E-state index contributed by atoms with van der Waals surface area (Å²) in [4.78, 5) is 15.6. The Hall–Kier alpha value is -1.69. The molecule has 5 nitrogen and oxygen atoms in total. The minimum atomic E-state index is -0.132. The number of anilines is 1. The summed E-state index contributed by atoms with van der Waals surface area (Å²) < 4.78 is 2.29. The first-order valence-corrected chi connectivity index (χ1v) is 5.42. The van der Waals surface area contributed by atoms with Crippen molar-refractivity contribution in [2.75, 3.05) is 5.32 Å². The van der Waals surface area contributed by atoms with Crippen LogP contribution in [0, 0.1) is 0 Å². The van der Waals surface area contributed by atoms with Gasteiger partial charge in [-0.05, 0) is 34.1 Å². The lowest BCUT2D eigenvalue weighted by Gasteiger charge is -2.04. The van der Waals surface area contributed by atoms with Crippen molar-refractivity contribution >= 4 is 27.5 Å². The van der Waals surface area contributed by atoms with Gasteiger partial charge >= 0.3 is 0 Å². The van der Waals surface area contributed by atoms with Gasteiger partial charge in [-0.2, -0.15) is 5.10 Å². The number of halogens is 1. The Kier molecular flexibility index (Phi) is 3.31. The molecule has 0 aromatic carbocycles. The molecule has 2 heterocycles. The van der Waals surface area contributed by atoms with E-state index in [4.69, 9.17) is 0 Å². The third kappa shape index (κ3) is 2.90. The van der Waals surface area contributed by atoms with E-state index in [0.717, 1.165) is 4.60 Å². The van der Waals surface area contributed by atoms with E-state index in [2.05, 4.69) is 31.3 Å². The third-order valence-corrected chi connectivity index (χ3v) is 2.35. The first-order valence-electron chi connectivity index (χ1n) is 4.63. The first-order chi connectivity index (χ1) is 7.74. The number of carbonyl (C=O) groups is 1. The Labute approximate surface area is 101 Å². The molecule has 0 radical (unpaired) electrons. The van der Waals surface area contributed by atoms with Gasteiger partial charge in [0.15, 0.2) is 0 Å². The largest absolute Gasteiger partial charge is 0.323 e. The van der Waals surface area contributed by atoms with Crippen LogP contribution in [0.15, 0.2) is 41.4 Å². The Morgan fingerprint density at radius 2 is 2.38 bits per heavy atom. The van der Waals surface area contributed by atoms with Gasteiger partial charge in [-0.1, -0.05) is 0 Å². The van der Waals surface area contributed by atoms with Gasteiger partial charge in [0.05, 0.1) is 11.9 Å². The molecule has 0 aliphatic rings. The lowest BCUT2D eigenvalue weighted by Crippen LogP contribution is -2.18. The van der Waals surface area contributed by atoms with Crippen molar-refractivity contribution in [3.8, 4) is 0 Å². The van der Waals surface area contributed by atoms with Crippen LogP contribution < -0.4 is 5.32 Å². The van der Waals surface area contributed by atoms with E-state index in [9.17, 15) is 4.79 Å². The van der Waals surface area contributed by atoms with Crippen LogP contribution >= 0.6 is 15.9 Å².